The fraction of sp³-hybridized carbons (Fsp3) is 0.636. The third-order valence-corrected chi connectivity index (χ3v) is 2.42. The van der Waals surface area contributed by atoms with Crippen LogP contribution in [-0.4, -0.2) is 22.2 Å². The number of alkyl halides is 4. The van der Waals surface area contributed by atoms with Crippen molar-refractivity contribution in [1.29, 1.82) is 0 Å². The van der Waals surface area contributed by atoms with Gasteiger partial charge in [-0.05, 0) is 12.5 Å². The quantitative estimate of drug-likeness (QED) is 0.617. The second-order valence-corrected chi connectivity index (χ2v) is 3.96. The summed E-state index contributed by atoms with van der Waals surface area (Å²) in [6, 6.07) is 0.620. The van der Waals surface area contributed by atoms with Crippen LogP contribution < -0.4 is 5.32 Å². The molecule has 8 heteroatoms. The molecule has 0 saturated carbocycles. The lowest BCUT2D eigenvalue weighted by Gasteiger charge is -2.07. The summed E-state index contributed by atoms with van der Waals surface area (Å²) in [5, 5.41) is 5.83. The Kier molecular flexibility index (Phi) is 5.78. The van der Waals surface area contributed by atoms with Gasteiger partial charge >= 0.3 is 0 Å². The molecule has 0 atom stereocenters. The van der Waals surface area contributed by atoms with Crippen LogP contribution in [0, 0.1) is 0 Å². The smallest absolute Gasteiger partial charge is 0.282 e. The van der Waals surface area contributed by atoms with Gasteiger partial charge in [-0.2, -0.15) is 5.10 Å². The zero-order chi connectivity index (χ0) is 14.4. The molecule has 1 aromatic rings. The van der Waals surface area contributed by atoms with E-state index < -0.39 is 36.7 Å². The average molecular weight is 281 g/mol. The molecule has 4 nitrogen and oxygen atoms in total. The van der Waals surface area contributed by atoms with E-state index in [2.05, 4.69) is 10.4 Å². The van der Waals surface area contributed by atoms with Gasteiger partial charge in [-0.15, -0.1) is 0 Å². The summed E-state index contributed by atoms with van der Waals surface area (Å²) in [6.07, 6.45) is -4.26. The average Bonchev–Trinajstić information content (AvgIpc) is 2.73. The maximum Gasteiger partial charge on any atom is 0.282 e. The predicted octanol–water partition coefficient (Wildman–Crippen LogP) is 2.67. The number of nitrogens with one attached hydrogen (secondary N) is 1. The molecule has 0 radical (unpaired) electrons. The van der Waals surface area contributed by atoms with Crippen molar-refractivity contribution in [3.05, 3.63) is 17.5 Å². The molecular weight excluding hydrogens is 266 g/mol. The van der Waals surface area contributed by atoms with Crippen LogP contribution in [0.3, 0.4) is 0 Å². The monoisotopic (exact) mass is 281 g/mol. The van der Waals surface area contributed by atoms with Crippen molar-refractivity contribution in [3.8, 4) is 0 Å². The van der Waals surface area contributed by atoms with Gasteiger partial charge in [0, 0.05) is 6.54 Å². The van der Waals surface area contributed by atoms with Crippen LogP contribution in [0.25, 0.3) is 0 Å². The predicted molar refractivity (Wildman–Crippen MR) is 60.1 cm³/mol. The summed E-state index contributed by atoms with van der Waals surface area (Å²) >= 11 is 0. The van der Waals surface area contributed by atoms with E-state index in [1.165, 1.54) is 0 Å². The standard InChI is InChI=1S/C11H15F4N3O/c1-2-3-4-16-9(19)6-18-8(11(14)15)5-7(17-18)10(12)13/h5,10-11H,2-4,6H2,1H3,(H,16,19). The number of unbranched alkanes of at least 4 members (excludes halogenated alkanes) is 1. The maximum absolute atomic E-state index is 12.6. The van der Waals surface area contributed by atoms with Gasteiger partial charge in [-0.3, -0.25) is 9.48 Å². The minimum absolute atomic E-state index is 0.419. The molecule has 19 heavy (non-hydrogen) atoms. The van der Waals surface area contributed by atoms with Crippen LogP contribution in [0.1, 0.15) is 44.0 Å². The second kappa shape index (κ2) is 7.10. The van der Waals surface area contributed by atoms with Crippen LogP contribution in [0.5, 0.6) is 0 Å². The number of amides is 1. The van der Waals surface area contributed by atoms with E-state index in [1.807, 2.05) is 6.92 Å². The normalized spacial score (nSPS) is 11.3. The highest BCUT2D eigenvalue weighted by Crippen LogP contribution is 2.24. The third kappa shape index (κ3) is 4.53. The number of carbonyl (C=O) groups is 1. The molecule has 0 aliphatic carbocycles. The van der Waals surface area contributed by atoms with Crippen molar-refractivity contribution in [2.75, 3.05) is 6.54 Å². The Morgan fingerprint density at radius 2 is 2.05 bits per heavy atom. The summed E-state index contributed by atoms with van der Waals surface area (Å²) in [5.41, 5.74) is -1.43. The van der Waals surface area contributed by atoms with Gasteiger partial charge in [-0.25, -0.2) is 17.6 Å². The van der Waals surface area contributed by atoms with Crippen molar-refractivity contribution >= 4 is 5.91 Å². The van der Waals surface area contributed by atoms with Crippen LogP contribution in [0.15, 0.2) is 6.07 Å². The van der Waals surface area contributed by atoms with E-state index in [4.69, 9.17) is 0 Å². The molecule has 0 fully saturated rings. The molecule has 0 spiro atoms. The van der Waals surface area contributed by atoms with Crippen LogP contribution >= 0.6 is 0 Å². The number of aromatic nitrogens is 2. The number of hydrogen-bond donors (Lipinski definition) is 1. The largest absolute Gasteiger partial charge is 0.354 e. The molecule has 1 aromatic heterocycles. The van der Waals surface area contributed by atoms with E-state index in [0.717, 1.165) is 12.8 Å². The lowest BCUT2D eigenvalue weighted by Crippen LogP contribution is -2.29. The van der Waals surface area contributed by atoms with Gasteiger partial charge in [-0.1, -0.05) is 13.3 Å². The number of nitrogens with zero attached hydrogens (tertiary/aromatic N) is 2. The van der Waals surface area contributed by atoms with E-state index in [0.29, 0.717) is 17.3 Å². The van der Waals surface area contributed by atoms with Crippen molar-refractivity contribution in [1.82, 2.24) is 15.1 Å². The lowest BCUT2D eigenvalue weighted by molar-refractivity contribution is -0.121. The number of hydrogen-bond acceptors (Lipinski definition) is 2. The Morgan fingerprint density at radius 1 is 1.37 bits per heavy atom. The van der Waals surface area contributed by atoms with Crippen LogP contribution in [0.4, 0.5) is 17.6 Å². The highest BCUT2D eigenvalue weighted by atomic mass is 19.3. The van der Waals surface area contributed by atoms with E-state index >= 15 is 0 Å². The minimum atomic E-state index is -2.96. The Hall–Kier alpha value is -1.60. The van der Waals surface area contributed by atoms with Crippen LogP contribution in [-0.2, 0) is 11.3 Å². The van der Waals surface area contributed by atoms with E-state index in [-0.39, 0.29) is 0 Å². The van der Waals surface area contributed by atoms with Gasteiger partial charge in [0.1, 0.15) is 17.9 Å². The summed E-state index contributed by atoms with van der Waals surface area (Å²) in [5.74, 6) is -0.528. The number of halogens is 4. The Morgan fingerprint density at radius 3 is 2.58 bits per heavy atom. The molecule has 0 aliphatic rings. The van der Waals surface area contributed by atoms with Gasteiger partial charge in [0.25, 0.3) is 12.9 Å². The molecule has 108 valence electrons. The van der Waals surface area contributed by atoms with Crippen molar-refractivity contribution in [2.45, 2.75) is 39.2 Å². The molecular formula is C11H15F4N3O. The minimum Gasteiger partial charge on any atom is -0.354 e. The molecule has 1 rings (SSSR count). The van der Waals surface area contributed by atoms with Gasteiger partial charge < -0.3 is 5.32 Å². The highest BCUT2D eigenvalue weighted by Gasteiger charge is 2.22. The summed E-state index contributed by atoms with van der Waals surface area (Å²) < 4.78 is 50.6. The molecule has 0 saturated heterocycles. The van der Waals surface area contributed by atoms with E-state index in [1.54, 1.807) is 0 Å². The second-order valence-electron chi connectivity index (χ2n) is 3.96. The summed E-state index contributed by atoms with van der Waals surface area (Å²) in [6.45, 7) is 1.86. The molecule has 1 N–H and O–H groups in total. The molecule has 1 amide bonds. The summed E-state index contributed by atoms with van der Waals surface area (Å²) in [4.78, 5) is 11.4. The molecule has 0 unspecified atom stereocenters. The van der Waals surface area contributed by atoms with Gasteiger partial charge in [0.15, 0.2) is 0 Å². The van der Waals surface area contributed by atoms with Gasteiger partial charge in [0.2, 0.25) is 5.91 Å². The molecule has 0 aliphatic heterocycles. The van der Waals surface area contributed by atoms with E-state index in [9.17, 15) is 22.4 Å². The Balaban J connectivity index is 2.73. The number of carbonyl (C=O) groups excluding carboxylic acids is 1. The van der Waals surface area contributed by atoms with Crippen molar-refractivity contribution < 1.29 is 22.4 Å². The maximum atomic E-state index is 12.6. The topological polar surface area (TPSA) is 46.9 Å². The van der Waals surface area contributed by atoms with Crippen molar-refractivity contribution in [2.24, 2.45) is 0 Å². The zero-order valence-electron chi connectivity index (χ0n) is 10.4. The SMILES string of the molecule is CCCCNC(=O)Cn1nc(C(F)F)cc1C(F)F. The number of rotatable bonds is 7. The van der Waals surface area contributed by atoms with Crippen molar-refractivity contribution in [3.63, 3.8) is 0 Å². The molecule has 0 bridgehead atoms. The fourth-order valence-electron chi connectivity index (χ4n) is 1.46. The lowest BCUT2D eigenvalue weighted by atomic mass is 10.3. The first-order valence-electron chi connectivity index (χ1n) is 5.86. The Labute approximate surface area is 107 Å². The highest BCUT2D eigenvalue weighted by molar-refractivity contribution is 5.75. The zero-order valence-corrected chi connectivity index (χ0v) is 10.4. The molecule has 0 aromatic carbocycles. The van der Waals surface area contributed by atoms with Crippen LogP contribution in [0.2, 0.25) is 0 Å². The Bertz CT molecular complexity index is 420. The first kappa shape index (κ1) is 15.5. The van der Waals surface area contributed by atoms with Gasteiger partial charge in [0.05, 0.1) is 0 Å². The fourth-order valence-corrected chi connectivity index (χ4v) is 1.46. The first-order valence-corrected chi connectivity index (χ1v) is 5.86. The third-order valence-electron chi connectivity index (χ3n) is 2.42. The molecule has 1 heterocycles. The summed E-state index contributed by atoms with van der Waals surface area (Å²) in [7, 11) is 0. The first-order chi connectivity index (χ1) is 8.95.